The van der Waals surface area contributed by atoms with Crippen molar-refractivity contribution in [2.24, 2.45) is 5.92 Å². The molecular weight excluding hydrogens is 222 g/mol. The fourth-order valence-corrected chi connectivity index (χ4v) is 1.97. The molecule has 0 aromatic heterocycles. The Balaban J connectivity index is 2.03. The van der Waals surface area contributed by atoms with Gasteiger partial charge in [-0.15, -0.1) is 0 Å². The van der Waals surface area contributed by atoms with Gasteiger partial charge in [-0.3, -0.25) is 0 Å². The number of hydrogen-bond acceptors (Lipinski definition) is 2. The highest BCUT2D eigenvalue weighted by Crippen LogP contribution is 2.12. The fraction of sp³-hybridized carbons (Fsp3) is 0.625. The number of hydrogen-bond donors (Lipinski definition) is 1. The molecule has 1 N–H and O–H groups in total. The zero-order valence-corrected chi connectivity index (χ0v) is 11.8. The molecule has 0 aliphatic rings. The maximum atomic E-state index is 5.74. The second-order valence-corrected chi connectivity index (χ2v) is 4.78. The maximum Gasteiger partial charge on any atom is 0.0639 e. The van der Waals surface area contributed by atoms with Crippen LogP contribution in [0.25, 0.3) is 0 Å². The van der Waals surface area contributed by atoms with E-state index in [1.165, 1.54) is 31.4 Å². The summed E-state index contributed by atoms with van der Waals surface area (Å²) in [7, 11) is 0. The Bertz CT molecular complexity index is 286. The summed E-state index contributed by atoms with van der Waals surface area (Å²) < 4.78 is 5.74. The van der Waals surface area contributed by atoms with Gasteiger partial charge < -0.3 is 10.1 Å². The van der Waals surface area contributed by atoms with Gasteiger partial charge >= 0.3 is 0 Å². The summed E-state index contributed by atoms with van der Waals surface area (Å²) in [6.45, 7) is 7.09. The van der Waals surface area contributed by atoms with Crippen LogP contribution in [0.3, 0.4) is 0 Å². The molecule has 0 aliphatic heterocycles. The summed E-state index contributed by atoms with van der Waals surface area (Å²) in [6, 6.07) is 10.3. The van der Waals surface area contributed by atoms with Crippen molar-refractivity contribution in [2.75, 3.05) is 25.1 Å². The second-order valence-electron chi connectivity index (χ2n) is 4.78. The van der Waals surface area contributed by atoms with Crippen molar-refractivity contribution < 1.29 is 4.74 Å². The molecule has 0 amide bonds. The van der Waals surface area contributed by atoms with Crippen molar-refractivity contribution in [3.63, 3.8) is 0 Å². The van der Waals surface area contributed by atoms with E-state index in [0.717, 1.165) is 25.7 Å². The molecule has 0 saturated carbocycles. The van der Waals surface area contributed by atoms with Crippen LogP contribution in [0.4, 0.5) is 5.69 Å². The van der Waals surface area contributed by atoms with Crippen LogP contribution in [0.15, 0.2) is 30.3 Å². The maximum absolute atomic E-state index is 5.74. The highest BCUT2D eigenvalue weighted by molar-refractivity contribution is 5.42. The molecule has 0 fully saturated rings. The topological polar surface area (TPSA) is 21.3 Å². The third kappa shape index (κ3) is 6.65. The Morgan fingerprint density at radius 3 is 2.61 bits per heavy atom. The van der Waals surface area contributed by atoms with Gasteiger partial charge in [0.2, 0.25) is 0 Å². The minimum atomic E-state index is 0.738. The van der Waals surface area contributed by atoms with E-state index >= 15 is 0 Å². The molecule has 0 radical (unpaired) electrons. The van der Waals surface area contributed by atoms with Gasteiger partial charge in [0.05, 0.1) is 6.61 Å². The molecule has 0 heterocycles. The summed E-state index contributed by atoms with van der Waals surface area (Å²) in [5.74, 6) is 0.738. The number of para-hydroxylation sites is 1. The lowest BCUT2D eigenvalue weighted by Crippen LogP contribution is -2.14. The van der Waals surface area contributed by atoms with Gasteiger partial charge in [0.1, 0.15) is 0 Å². The van der Waals surface area contributed by atoms with Crippen molar-refractivity contribution >= 4 is 5.69 Å². The van der Waals surface area contributed by atoms with E-state index in [1.807, 2.05) is 18.2 Å². The molecule has 0 aliphatic carbocycles. The van der Waals surface area contributed by atoms with Gasteiger partial charge in [-0.2, -0.15) is 0 Å². The van der Waals surface area contributed by atoms with Gasteiger partial charge in [-0.05, 0) is 24.5 Å². The molecule has 1 aromatic rings. The first-order chi connectivity index (χ1) is 8.86. The summed E-state index contributed by atoms with van der Waals surface area (Å²) in [5.41, 5.74) is 1.17. The third-order valence-corrected chi connectivity index (χ3v) is 3.25. The average molecular weight is 249 g/mol. The predicted octanol–water partition coefficient (Wildman–Crippen LogP) is 4.33. The molecule has 1 unspecified atom stereocenters. The van der Waals surface area contributed by atoms with Gasteiger partial charge in [0.25, 0.3) is 0 Å². The zero-order chi connectivity index (χ0) is 13.1. The van der Waals surface area contributed by atoms with Crippen LogP contribution in [0.5, 0.6) is 0 Å². The number of ether oxygens (including phenoxy) is 1. The minimum Gasteiger partial charge on any atom is -0.383 e. The number of rotatable bonds is 10. The van der Waals surface area contributed by atoms with E-state index in [9.17, 15) is 0 Å². The lowest BCUT2D eigenvalue weighted by molar-refractivity contribution is 0.102. The Kier molecular flexibility index (Phi) is 8.32. The Morgan fingerprint density at radius 1 is 1.17 bits per heavy atom. The average Bonchev–Trinajstić information content (AvgIpc) is 2.43. The normalized spacial score (nSPS) is 12.3. The number of nitrogens with one attached hydrogen (secondary N) is 1. The first-order valence-electron chi connectivity index (χ1n) is 7.23. The monoisotopic (exact) mass is 249 g/mol. The minimum absolute atomic E-state index is 0.738. The largest absolute Gasteiger partial charge is 0.383 e. The van der Waals surface area contributed by atoms with Crippen LogP contribution in [0.2, 0.25) is 0 Å². The number of unbranched alkanes of at least 4 members (excludes halogenated alkanes) is 1. The molecule has 102 valence electrons. The molecule has 0 spiro atoms. The molecule has 2 nitrogen and oxygen atoms in total. The molecule has 1 aromatic carbocycles. The predicted molar refractivity (Wildman–Crippen MR) is 79.1 cm³/mol. The van der Waals surface area contributed by atoms with Crippen molar-refractivity contribution in [3.8, 4) is 0 Å². The van der Waals surface area contributed by atoms with Crippen LogP contribution in [-0.4, -0.2) is 19.8 Å². The molecule has 0 saturated heterocycles. The van der Waals surface area contributed by atoms with Crippen LogP contribution in [0.1, 0.15) is 39.5 Å². The molecular formula is C16H27NO. The van der Waals surface area contributed by atoms with Crippen LogP contribution >= 0.6 is 0 Å². The molecule has 1 atom stereocenters. The standard InChI is InChI=1S/C16H27NO/c1-3-5-9-15(4-2)14-18-13-12-17-16-10-7-6-8-11-16/h6-8,10-11,15,17H,3-5,9,12-14H2,1-2H3. The quantitative estimate of drug-likeness (QED) is 0.623. The molecule has 0 bridgehead atoms. The van der Waals surface area contributed by atoms with Crippen molar-refractivity contribution in [2.45, 2.75) is 39.5 Å². The van der Waals surface area contributed by atoms with E-state index in [1.54, 1.807) is 0 Å². The van der Waals surface area contributed by atoms with Gasteiger partial charge in [-0.25, -0.2) is 0 Å². The van der Waals surface area contributed by atoms with E-state index in [0.29, 0.717) is 0 Å². The summed E-state index contributed by atoms with van der Waals surface area (Å²) in [6.07, 6.45) is 5.14. The van der Waals surface area contributed by atoms with Crippen LogP contribution < -0.4 is 5.32 Å². The van der Waals surface area contributed by atoms with E-state index < -0.39 is 0 Å². The highest BCUT2D eigenvalue weighted by Gasteiger charge is 2.05. The summed E-state index contributed by atoms with van der Waals surface area (Å²) >= 11 is 0. The van der Waals surface area contributed by atoms with Crippen molar-refractivity contribution in [1.29, 1.82) is 0 Å². The molecule has 2 heteroatoms. The van der Waals surface area contributed by atoms with Crippen molar-refractivity contribution in [1.82, 2.24) is 0 Å². The van der Waals surface area contributed by atoms with Crippen molar-refractivity contribution in [3.05, 3.63) is 30.3 Å². The highest BCUT2D eigenvalue weighted by atomic mass is 16.5. The Morgan fingerprint density at radius 2 is 1.94 bits per heavy atom. The first-order valence-corrected chi connectivity index (χ1v) is 7.23. The zero-order valence-electron chi connectivity index (χ0n) is 11.8. The van der Waals surface area contributed by atoms with E-state index in [2.05, 4.69) is 31.3 Å². The van der Waals surface area contributed by atoms with Crippen LogP contribution in [0, 0.1) is 5.92 Å². The Hall–Kier alpha value is -1.02. The Labute approximate surface area is 112 Å². The molecule has 1 rings (SSSR count). The fourth-order valence-electron chi connectivity index (χ4n) is 1.97. The first kappa shape index (κ1) is 15.0. The summed E-state index contributed by atoms with van der Waals surface area (Å²) in [5, 5.41) is 3.35. The van der Waals surface area contributed by atoms with Crippen LogP contribution in [-0.2, 0) is 4.74 Å². The van der Waals surface area contributed by atoms with E-state index in [4.69, 9.17) is 4.74 Å². The van der Waals surface area contributed by atoms with E-state index in [-0.39, 0.29) is 0 Å². The van der Waals surface area contributed by atoms with Gasteiger partial charge in [0, 0.05) is 18.8 Å². The number of anilines is 1. The lowest BCUT2D eigenvalue weighted by Gasteiger charge is -2.15. The molecule has 18 heavy (non-hydrogen) atoms. The lowest BCUT2D eigenvalue weighted by atomic mass is 10.0. The second kappa shape index (κ2) is 9.95. The van der Waals surface area contributed by atoms with Gasteiger partial charge in [-0.1, -0.05) is 51.3 Å². The SMILES string of the molecule is CCCCC(CC)COCCNc1ccccc1. The smallest absolute Gasteiger partial charge is 0.0639 e. The third-order valence-electron chi connectivity index (χ3n) is 3.25. The summed E-state index contributed by atoms with van der Waals surface area (Å²) in [4.78, 5) is 0. The number of benzene rings is 1. The van der Waals surface area contributed by atoms with Gasteiger partial charge in [0.15, 0.2) is 0 Å².